The smallest absolute Gasteiger partial charge is 0.245 e. The van der Waals surface area contributed by atoms with E-state index in [1.54, 1.807) is 0 Å². The summed E-state index contributed by atoms with van der Waals surface area (Å²) in [5.74, 6) is 2.62. The van der Waals surface area contributed by atoms with Crippen LogP contribution in [0.1, 0.15) is 19.8 Å². The molecule has 1 rings (SSSR count). The van der Waals surface area contributed by atoms with Crippen LogP contribution >= 0.6 is 15.9 Å². The van der Waals surface area contributed by atoms with Gasteiger partial charge in [0.1, 0.15) is 10.6 Å². The molecule has 0 aliphatic heterocycles. The number of nitrogen functional groups attached to an aromatic ring is 1. The first kappa shape index (κ1) is 16.8. The van der Waals surface area contributed by atoms with Crippen molar-refractivity contribution in [3.63, 3.8) is 0 Å². The summed E-state index contributed by atoms with van der Waals surface area (Å²) >= 11 is 3.22. The Hall–Kier alpha value is -1.23. The maximum atomic E-state index is 12.4. The first-order chi connectivity index (χ1) is 9.35. The van der Waals surface area contributed by atoms with E-state index in [9.17, 15) is 8.42 Å². The third-order valence-corrected chi connectivity index (χ3v) is 4.83. The molecule has 0 amide bonds. The van der Waals surface area contributed by atoms with E-state index in [-0.39, 0.29) is 10.6 Å². The Morgan fingerprint density at radius 2 is 2.20 bits per heavy atom. The van der Waals surface area contributed by atoms with Crippen molar-refractivity contribution in [2.24, 2.45) is 0 Å². The molecular formula is C13H17BrN2O3S. The fourth-order valence-electron chi connectivity index (χ4n) is 1.64. The van der Waals surface area contributed by atoms with Gasteiger partial charge in [-0.15, -0.1) is 6.42 Å². The van der Waals surface area contributed by atoms with Gasteiger partial charge in [-0.05, 0) is 34.5 Å². The molecule has 0 aliphatic carbocycles. The lowest BCUT2D eigenvalue weighted by Gasteiger charge is -2.15. The maximum Gasteiger partial charge on any atom is 0.245 e. The zero-order valence-corrected chi connectivity index (χ0v) is 13.7. The van der Waals surface area contributed by atoms with Crippen LogP contribution in [0.3, 0.4) is 0 Å². The molecule has 1 aromatic carbocycles. The Bertz CT molecular complexity index is 623. The van der Waals surface area contributed by atoms with Crippen molar-refractivity contribution in [3.8, 4) is 18.1 Å². The summed E-state index contributed by atoms with van der Waals surface area (Å²) in [4.78, 5) is -0.0305. The number of ether oxygens (including phenoxy) is 1. The molecule has 0 aromatic heterocycles. The number of methoxy groups -OCH3 is 1. The molecule has 0 spiro atoms. The third-order valence-electron chi connectivity index (χ3n) is 2.65. The Morgan fingerprint density at radius 3 is 2.70 bits per heavy atom. The van der Waals surface area contributed by atoms with Crippen LogP contribution in [0.25, 0.3) is 0 Å². The number of benzene rings is 1. The van der Waals surface area contributed by atoms with Gasteiger partial charge in [0.05, 0.1) is 13.2 Å². The lowest BCUT2D eigenvalue weighted by atomic mass is 10.2. The molecule has 5 nitrogen and oxygen atoms in total. The van der Waals surface area contributed by atoms with Crippen molar-refractivity contribution < 1.29 is 13.2 Å². The van der Waals surface area contributed by atoms with Crippen molar-refractivity contribution in [2.75, 3.05) is 12.8 Å². The standard InChI is InChI=1S/C13H17BrN2O3S/c1-4-6-9(5-2)16-20(17,18)13-8-11(15)10(14)7-12(13)19-3/h2,7-9,16H,4,6,15H2,1,3H3. The highest BCUT2D eigenvalue weighted by molar-refractivity contribution is 9.10. The number of halogens is 1. The Labute approximate surface area is 128 Å². The van der Waals surface area contributed by atoms with E-state index >= 15 is 0 Å². The lowest BCUT2D eigenvalue weighted by Crippen LogP contribution is -2.33. The van der Waals surface area contributed by atoms with Crippen molar-refractivity contribution in [1.82, 2.24) is 4.72 Å². The van der Waals surface area contributed by atoms with Crippen molar-refractivity contribution >= 4 is 31.6 Å². The second kappa shape index (κ2) is 6.97. The summed E-state index contributed by atoms with van der Waals surface area (Å²) in [5.41, 5.74) is 6.03. The Balaban J connectivity index is 3.22. The molecule has 0 bridgehead atoms. The highest BCUT2D eigenvalue weighted by Gasteiger charge is 2.23. The molecule has 1 atom stereocenters. The first-order valence-electron chi connectivity index (χ1n) is 5.97. The van der Waals surface area contributed by atoms with Gasteiger partial charge in [0, 0.05) is 10.2 Å². The quantitative estimate of drug-likeness (QED) is 0.601. The average molecular weight is 361 g/mol. The second-order valence-electron chi connectivity index (χ2n) is 4.15. The Kier molecular flexibility index (Phi) is 5.87. The molecule has 7 heteroatoms. The lowest BCUT2D eigenvalue weighted by molar-refractivity contribution is 0.402. The zero-order chi connectivity index (χ0) is 15.3. The highest BCUT2D eigenvalue weighted by atomic mass is 79.9. The SMILES string of the molecule is C#CC(CCC)NS(=O)(=O)c1cc(N)c(Br)cc1OC. The fraction of sp³-hybridized carbons (Fsp3) is 0.385. The van der Waals surface area contributed by atoms with Gasteiger partial charge in [0.2, 0.25) is 10.0 Å². The number of terminal acetylenes is 1. The van der Waals surface area contributed by atoms with E-state index < -0.39 is 16.1 Å². The van der Waals surface area contributed by atoms with E-state index in [2.05, 4.69) is 26.6 Å². The molecule has 0 radical (unpaired) electrons. The van der Waals surface area contributed by atoms with Gasteiger partial charge in [0.15, 0.2) is 0 Å². The number of sulfonamides is 1. The second-order valence-corrected chi connectivity index (χ2v) is 6.69. The predicted octanol–water partition coefficient (Wildman–Crippen LogP) is 2.12. The summed E-state index contributed by atoms with van der Waals surface area (Å²) in [6.45, 7) is 1.93. The zero-order valence-electron chi connectivity index (χ0n) is 11.3. The number of anilines is 1. The molecule has 0 saturated heterocycles. The van der Waals surface area contributed by atoms with Crippen LogP contribution in [0.4, 0.5) is 5.69 Å². The minimum Gasteiger partial charge on any atom is -0.495 e. The summed E-state index contributed by atoms with van der Waals surface area (Å²) in [5, 5.41) is 0. The number of hydrogen-bond acceptors (Lipinski definition) is 4. The van der Waals surface area contributed by atoms with Crippen LogP contribution in [0, 0.1) is 12.3 Å². The van der Waals surface area contributed by atoms with Gasteiger partial charge in [-0.25, -0.2) is 8.42 Å². The van der Waals surface area contributed by atoms with Crippen molar-refractivity contribution in [3.05, 3.63) is 16.6 Å². The average Bonchev–Trinajstić information content (AvgIpc) is 2.40. The number of nitrogens with two attached hydrogens (primary N) is 1. The molecule has 3 N–H and O–H groups in total. The van der Waals surface area contributed by atoms with Crippen LogP contribution in [0.15, 0.2) is 21.5 Å². The number of rotatable bonds is 6. The molecule has 1 unspecified atom stereocenters. The molecular weight excluding hydrogens is 344 g/mol. The largest absolute Gasteiger partial charge is 0.495 e. The van der Waals surface area contributed by atoms with Crippen molar-refractivity contribution in [2.45, 2.75) is 30.7 Å². The third kappa shape index (κ3) is 3.88. The van der Waals surface area contributed by atoms with Crippen LogP contribution in [-0.2, 0) is 10.0 Å². The van der Waals surface area contributed by atoms with Crippen LogP contribution in [0.5, 0.6) is 5.75 Å². The van der Waals surface area contributed by atoms with E-state index in [0.717, 1.165) is 6.42 Å². The topological polar surface area (TPSA) is 81.4 Å². The summed E-state index contributed by atoms with van der Waals surface area (Å²) in [6, 6.07) is 2.29. The van der Waals surface area contributed by atoms with Gasteiger partial charge in [-0.2, -0.15) is 4.72 Å². The minimum atomic E-state index is -3.79. The molecule has 0 fully saturated rings. The van der Waals surface area contributed by atoms with Crippen LogP contribution < -0.4 is 15.2 Å². The fourth-order valence-corrected chi connectivity index (χ4v) is 3.34. The van der Waals surface area contributed by atoms with Crippen LogP contribution in [-0.4, -0.2) is 21.6 Å². The van der Waals surface area contributed by atoms with E-state index in [4.69, 9.17) is 16.9 Å². The minimum absolute atomic E-state index is 0.0305. The van der Waals surface area contributed by atoms with Gasteiger partial charge < -0.3 is 10.5 Å². The van der Waals surface area contributed by atoms with Gasteiger partial charge in [0.25, 0.3) is 0 Å². The van der Waals surface area contributed by atoms with E-state index in [1.165, 1.54) is 19.2 Å². The van der Waals surface area contributed by atoms with Crippen molar-refractivity contribution in [1.29, 1.82) is 0 Å². The van der Waals surface area contributed by atoms with E-state index in [1.807, 2.05) is 6.92 Å². The van der Waals surface area contributed by atoms with E-state index in [0.29, 0.717) is 16.6 Å². The molecule has 20 heavy (non-hydrogen) atoms. The summed E-state index contributed by atoms with van der Waals surface area (Å²) in [6.07, 6.45) is 6.66. The molecule has 0 heterocycles. The molecule has 1 aromatic rings. The predicted molar refractivity (Wildman–Crippen MR) is 83.0 cm³/mol. The monoisotopic (exact) mass is 360 g/mol. The molecule has 0 aliphatic rings. The first-order valence-corrected chi connectivity index (χ1v) is 8.24. The van der Waals surface area contributed by atoms with Gasteiger partial charge in [-0.1, -0.05) is 19.3 Å². The normalized spacial score (nSPS) is 12.7. The molecule has 0 saturated carbocycles. The number of nitrogens with one attached hydrogen (secondary N) is 1. The maximum absolute atomic E-state index is 12.4. The highest BCUT2D eigenvalue weighted by Crippen LogP contribution is 2.32. The van der Waals surface area contributed by atoms with Crippen LogP contribution in [0.2, 0.25) is 0 Å². The number of hydrogen-bond donors (Lipinski definition) is 2. The summed E-state index contributed by atoms with van der Waals surface area (Å²) < 4.78 is 32.8. The molecule has 110 valence electrons. The summed E-state index contributed by atoms with van der Waals surface area (Å²) in [7, 11) is -2.40. The Morgan fingerprint density at radius 1 is 1.55 bits per heavy atom. The van der Waals surface area contributed by atoms with Gasteiger partial charge in [-0.3, -0.25) is 0 Å². The van der Waals surface area contributed by atoms with Gasteiger partial charge >= 0.3 is 0 Å².